The molecular formula is C15H21NO. The van der Waals surface area contributed by atoms with Gasteiger partial charge in [0.2, 0.25) is 0 Å². The highest BCUT2D eigenvalue weighted by Crippen LogP contribution is 1.99. The minimum atomic E-state index is 0.534. The van der Waals surface area contributed by atoms with E-state index in [1.165, 1.54) is 0 Å². The van der Waals surface area contributed by atoms with Crippen LogP contribution in [0.4, 0.5) is 0 Å². The van der Waals surface area contributed by atoms with Gasteiger partial charge in [-0.2, -0.15) is 0 Å². The van der Waals surface area contributed by atoms with Crippen molar-refractivity contribution in [2.75, 3.05) is 13.2 Å². The first kappa shape index (κ1) is 15.4. The summed E-state index contributed by atoms with van der Waals surface area (Å²) in [5, 5.41) is 0. The molecule has 0 fully saturated rings. The van der Waals surface area contributed by atoms with Gasteiger partial charge in [0, 0.05) is 11.4 Å². The average molecular weight is 231 g/mol. The second kappa shape index (κ2) is 9.62. The van der Waals surface area contributed by atoms with Crippen molar-refractivity contribution < 1.29 is 4.74 Å². The van der Waals surface area contributed by atoms with Crippen molar-refractivity contribution in [2.24, 2.45) is 4.99 Å². The maximum absolute atomic E-state index is 5.54. The van der Waals surface area contributed by atoms with Gasteiger partial charge >= 0.3 is 0 Å². The summed E-state index contributed by atoms with van der Waals surface area (Å²) in [6, 6.07) is 0. The van der Waals surface area contributed by atoms with Gasteiger partial charge in [-0.3, -0.25) is 4.99 Å². The lowest BCUT2D eigenvalue weighted by Gasteiger charge is -2.04. The van der Waals surface area contributed by atoms with Crippen LogP contribution in [0.2, 0.25) is 0 Å². The largest absolute Gasteiger partial charge is 0.371 e. The van der Waals surface area contributed by atoms with Crippen LogP contribution >= 0.6 is 0 Å². The highest BCUT2D eigenvalue weighted by molar-refractivity contribution is 5.84. The molecule has 0 aromatic heterocycles. The Morgan fingerprint density at radius 3 is 2.47 bits per heavy atom. The van der Waals surface area contributed by atoms with Crippen LogP contribution in [0.15, 0.2) is 40.6 Å². The van der Waals surface area contributed by atoms with E-state index < -0.39 is 0 Å². The molecule has 0 spiro atoms. The molecule has 0 bridgehead atoms. The zero-order chi connectivity index (χ0) is 13.1. The van der Waals surface area contributed by atoms with E-state index in [-0.39, 0.29) is 0 Å². The van der Waals surface area contributed by atoms with Gasteiger partial charge in [-0.1, -0.05) is 18.1 Å². The lowest BCUT2D eigenvalue weighted by atomic mass is 10.2. The molecule has 0 saturated carbocycles. The van der Waals surface area contributed by atoms with E-state index in [1.54, 1.807) is 6.08 Å². The number of rotatable bonds is 6. The monoisotopic (exact) mass is 231 g/mol. The molecule has 2 heteroatoms. The molecule has 0 aromatic rings. The molecule has 0 rings (SSSR count). The van der Waals surface area contributed by atoms with E-state index in [9.17, 15) is 0 Å². The SMILES string of the molecule is C#C/C=C\C(=C/C)COCC(C)=N/C(C)=C\C. The Morgan fingerprint density at radius 2 is 1.94 bits per heavy atom. The summed E-state index contributed by atoms with van der Waals surface area (Å²) in [5.41, 5.74) is 3.04. The predicted octanol–water partition coefficient (Wildman–Crippen LogP) is 3.52. The summed E-state index contributed by atoms with van der Waals surface area (Å²) in [6.45, 7) is 8.94. The Labute approximate surface area is 105 Å². The number of terminal acetylenes is 1. The summed E-state index contributed by atoms with van der Waals surface area (Å²) in [4.78, 5) is 4.36. The lowest BCUT2D eigenvalue weighted by molar-refractivity contribution is 0.198. The number of ether oxygens (including phenoxy) is 1. The minimum Gasteiger partial charge on any atom is -0.371 e. The summed E-state index contributed by atoms with van der Waals surface area (Å²) >= 11 is 0. The first-order chi connectivity index (χ1) is 8.13. The van der Waals surface area contributed by atoms with Gasteiger partial charge in [0.15, 0.2) is 0 Å². The van der Waals surface area contributed by atoms with Crippen molar-refractivity contribution in [3.8, 4) is 12.3 Å². The van der Waals surface area contributed by atoms with Gasteiger partial charge in [0.25, 0.3) is 0 Å². The van der Waals surface area contributed by atoms with Gasteiger partial charge in [0.1, 0.15) is 0 Å². The van der Waals surface area contributed by atoms with E-state index in [0.29, 0.717) is 13.2 Å². The lowest BCUT2D eigenvalue weighted by Crippen LogP contribution is -2.07. The second-order valence-electron chi connectivity index (χ2n) is 3.63. The molecule has 0 saturated heterocycles. The number of nitrogens with zero attached hydrogens (tertiary/aromatic N) is 1. The van der Waals surface area contributed by atoms with Crippen molar-refractivity contribution in [2.45, 2.75) is 27.7 Å². The normalized spacial score (nSPS) is 14.2. The van der Waals surface area contributed by atoms with Gasteiger partial charge in [-0.15, -0.1) is 6.42 Å². The van der Waals surface area contributed by atoms with E-state index in [2.05, 4.69) is 10.9 Å². The molecule has 0 atom stereocenters. The maximum Gasteiger partial charge on any atom is 0.0850 e. The van der Waals surface area contributed by atoms with Crippen molar-refractivity contribution in [1.82, 2.24) is 0 Å². The molecular weight excluding hydrogens is 210 g/mol. The van der Waals surface area contributed by atoms with Crippen LogP contribution < -0.4 is 0 Å². The van der Waals surface area contributed by atoms with Crippen molar-refractivity contribution in [3.63, 3.8) is 0 Å². The third kappa shape index (κ3) is 8.24. The maximum atomic E-state index is 5.54. The van der Waals surface area contributed by atoms with Crippen LogP contribution in [-0.2, 0) is 4.74 Å². The highest BCUT2D eigenvalue weighted by atomic mass is 16.5. The molecule has 92 valence electrons. The summed E-state index contributed by atoms with van der Waals surface area (Å²) in [6.07, 6.45) is 12.6. The van der Waals surface area contributed by atoms with Crippen LogP contribution in [0.3, 0.4) is 0 Å². The standard InChI is InChI=1S/C15H21NO/c1-6-9-10-15(8-3)12-17-11-14(5)16-13(4)7-2/h1,7-10H,11-12H2,2-5H3/b10-9-,13-7-,15-8+,16-14?. The molecule has 0 N–H and O–H groups in total. The molecule has 0 unspecified atom stereocenters. The fraction of sp³-hybridized carbons (Fsp3) is 0.400. The van der Waals surface area contributed by atoms with Gasteiger partial charge < -0.3 is 4.74 Å². The third-order valence-corrected chi connectivity index (χ3v) is 2.13. The summed E-state index contributed by atoms with van der Waals surface area (Å²) < 4.78 is 5.54. The average Bonchev–Trinajstić information content (AvgIpc) is 2.33. The van der Waals surface area contributed by atoms with Gasteiger partial charge in [-0.25, -0.2) is 0 Å². The van der Waals surface area contributed by atoms with Crippen LogP contribution in [0.1, 0.15) is 27.7 Å². The fourth-order valence-electron chi connectivity index (χ4n) is 1.10. The first-order valence-electron chi connectivity index (χ1n) is 5.66. The number of hydrogen-bond acceptors (Lipinski definition) is 2. The molecule has 0 aliphatic carbocycles. The van der Waals surface area contributed by atoms with Crippen molar-refractivity contribution >= 4 is 5.71 Å². The quantitative estimate of drug-likeness (QED) is 0.389. The van der Waals surface area contributed by atoms with E-state index in [0.717, 1.165) is 17.0 Å². The molecule has 0 aliphatic rings. The zero-order valence-electron chi connectivity index (χ0n) is 11.2. The topological polar surface area (TPSA) is 21.6 Å². The van der Waals surface area contributed by atoms with Crippen molar-refractivity contribution in [1.29, 1.82) is 0 Å². The fourth-order valence-corrected chi connectivity index (χ4v) is 1.10. The van der Waals surface area contributed by atoms with Crippen LogP contribution in [-0.4, -0.2) is 18.9 Å². The Kier molecular flexibility index (Phi) is 8.72. The van der Waals surface area contributed by atoms with E-state index in [1.807, 2.05) is 45.9 Å². The van der Waals surface area contributed by atoms with Gasteiger partial charge in [0.05, 0.1) is 13.2 Å². The Bertz CT molecular complexity index is 378. The zero-order valence-corrected chi connectivity index (χ0v) is 11.2. The molecule has 0 heterocycles. The molecule has 0 aliphatic heterocycles. The second-order valence-corrected chi connectivity index (χ2v) is 3.63. The Morgan fingerprint density at radius 1 is 1.24 bits per heavy atom. The number of allylic oxidation sites excluding steroid dienone is 4. The summed E-state index contributed by atoms with van der Waals surface area (Å²) in [7, 11) is 0. The molecule has 2 nitrogen and oxygen atoms in total. The van der Waals surface area contributed by atoms with Crippen LogP contribution in [0.25, 0.3) is 0 Å². The Balaban J connectivity index is 4.11. The van der Waals surface area contributed by atoms with Gasteiger partial charge in [-0.05, 0) is 45.4 Å². The Hall–Kier alpha value is -1.59. The van der Waals surface area contributed by atoms with Crippen LogP contribution in [0, 0.1) is 12.3 Å². The number of hydrogen-bond donors (Lipinski definition) is 0. The van der Waals surface area contributed by atoms with E-state index >= 15 is 0 Å². The number of aliphatic imine (C=N–C) groups is 1. The van der Waals surface area contributed by atoms with E-state index in [4.69, 9.17) is 11.2 Å². The molecule has 0 radical (unpaired) electrons. The third-order valence-electron chi connectivity index (χ3n) is 2.13. The minimum absolute atomic E-state index is 0.534. The molecule has 0 amide bonds. The molecule has 17 heavy (non-hydrogen) atoms. The van der Waals surface area contributed by atoms with Crippen LogP contribution in [0.5, 0.6) is 0 Å². The molecule has 0 aromatic carbocycles. The predicted molar refractivity (Wildman–Crippen MR) is 75.1 cm³/mol. The highest BCUT2D eigenvalue weighted by Gasteiger charge is 1.95. The van der Waals surface area contributed by atoms with Crippen molar-refractivity contribution in [3.05, 3.63) is 35.6 Å². The first-order valence-corrected chi connectivity index (χ1v) is 5.66. The smallest absolute Gasteiger partial charge is 0.0850 e. The summed E-state index contributed by atoms with van der Waals surface area (Å²) in [5.74, 6) is 2.46.